The molecule has 1 aromatic rings. The number of aliphatic carboxylic acids is 2. The molecule has 0 aromatic heterocycles. The zero-order valence-corrected chi connectivity index (χ0v) is 12.7. The molecule has 0 heterocycles. The van der Waals surface area contributed by atoms with Crippen LogP contribution >= 0.6 is 0 Å². The monoisotopic (exact) mass is 346 g/mol. The van der Waals surface area contributed by atoms with Gasteiger partial charge in [0.15, 0.2) is 0 Å². The minimum Gasteiger partial charge on any atom is -0.480 e. The fourth-order valence-electron chi connectivity index (χ4n) is 1.06. The highest BCUT2D eigenvalue weighted by atomic mass is 16.5. The van der Waals surface area contributed by atoms with E-state index in [9.17, 15) is 9.59 Å². The predicted molar refractivity (Wildman–Crippen MR) is 78.8 cm³/mol. The van der Waals surface area contributed by atoms with Crippen LogP contribution in [0.1, 0.15) is 27.6 Å². The number of aliphatic hydroxyl groups is 2. The molecule has 0 atom stereocenters. The summed E-state index contributed by atoms with van der Waals surface area (Å²) in [5, 5.41) is 38.8. The maximum absolute atomic E-state index is 11.3. The largest absolute Gasteiger partial charge is 0.480 e. The first-order valence-electron chi connectivity index (χ1n) is 6.35. The Labute approximate surface area is 136 Å². The number of carboxylic acids is 3. The Kier molecular flexibility index (Phi) is 13.3. The first kappa shape index (κ1) is 23.3. The van der Waals surface area contributed by atoms with Crippen LogP contribution in [-0.4, -0.2) is 69.2 Å². The van der Waals surface area contributed by atoms with Crippen molar-refractivity contribution in [2.45, 2.75) is 6.92 Å². The van der Waals surface area contributed by atoms with E-state index in [2.05, 4.69) is 0 Å². The lowest BCUT2D eigenvalue weighted by Gasteiger charge is -2.04. The van der Waals surface area contributed by atoms with Crippen molar-refractivity contribution in [3.05, 3.63) is 35.4 Å². The van der Waals surface area contributed by atoms with Crippen LogP contribution in [0, 0.1) is 0 Å². The van der Waals surface area contributed by atoms with Crippen LogP contribution in [0.3, 0.4) is 0 Å². The van der Waals surface area contributed by atoms with Gasteiger partial charge in [-0.3, -0.25) is 0 Å². The number of aromatic carboxylic acids is 1. The molecular weight excluding hydrogens is 328 g/mol. The maximum atomic E-state index is 11.3. The minimum absolute atomic E-state index is 0.0362. The minimum atomic E-state index is -1.19. The lowest BCUT2D eigenvalue weighted by molar-refractivity contribution is -0.141. The summed E-state index contributed by atoms with van der Waals surface area (Å²) < 4.78 is 4.72. The molecule has 0 unspecified atom stereocenters. The van der Waals surface area contributed by atoms with E-state index in [1.54, 1.807) is 19.1 Å². The number of hydrogen-bond acceptors (Lipinski definition) is 7. The van der Waals surface area contributed by atoms with Crippen LogP contribution in [0.4, 0.5) is 0 Å². The number of ether oxygens (including phenoxy) is 1. The van der Waals surface area contributed by atoms with Crippen molar-refractivity contribution in [1.29, 1.82) is 0 Å². The molecule has 1 aromatic carbocycles. The summed E-state index contributed by atoms with van der Waals surface area (Å²) in [6.07, 6.45) is 0. The summed E-state index contributed by atoms with van der Waals surface area (Å²) in [4.78, 5) is 40.2. The zero-order valence-electron chi connectivity index (χ0n) is 12.7. The van der Waals surface area contributed by atoms with Crippen molar-refractivity contribution < 1.29 is 49.4 Å². The molecule has 10 heteroatoms. The normalized spacial score (nSPS) is 8.62. The molecule has 0 saturated carbocycles. The number of carboxylic acid groups (broad SMARTS) is 3. The number of carbonyl (C=O) groups is 4. The van der Waals surface area contributed by atoms with E-state index in [1.807, 2.05) is 0 Å². The Balaban J connectivity index is 0. The van der Waals surface area contributed by atoms with E-state index in [4.69, 9.17) is 39.9 Å². The second-order valence-corrected chi connectivity index (χ2v) is 3.67. The summed E-state index contributed by atoms with van der Waals surface area (Å²) in [6, 6.07) is 5.96. The van der Waals surface area contributed by atoms with Gasteiger partial charge in [0.1, 0.15) is 13.2 Å². The molecule has 1 rings (SSSR count). The number of benzene rings is 1. The van der Waals surface area contributed by atoms with E-state index in [-0.39, 0.29) is 17.7 Å². The molecule has 134 valence electrons. The van der Waals surface area contributed by atoms with Gasteiger partial charge in [0.25, 0.3) is 0 Å². The van der Waals surface area contributed by atoms with Gasteiger partial charge in [-0.1, -0.05) is 12.1 Å². The second kappa shape index (κ2) is 13.7. The Morgan fingerprint density at radius 3 is 1.54 bits per heavy atom. The molecule has 0 radical (unpaired) electrons. The SMILES string of the molecule is CCOC(=O)c1ccccc1C(=O)O.O=C(O)CO.O=C(O)CO. The van der Waals surface area contributed by atoms with Crippen molar-refractivity contribution >= 4 is 23.9 Å². The van der Waals surface area contributed by atoms with Gasteiger partial charge in [-0.25, -0.2) is 19.2 Å². The molecule has 0 aliphatic heterocycles. The topological polar surface area (TPSA) is 179 Å². The molecule has 0 aliphatic carbocycles. The molecular formula is C14H18O10. The smallest absolute Gasteiger partial charge is 0.338 e. The molecule has 0 bridgehead atoms. The number of aliphatic hydroxyl groups excluding tert-OH is 2. The Morgan fingerprint density at radius 2 is 1.25 bits per heavy atom. The van der Waals surface area contributed by atoms with Crippen LogP contribution in [0.15, 0.2) is 24.3 Å². The highest BCUT2D eigenvalue weighted by Crippen LogP contribution is 2.09. The van der Waals surface area contributed by atoms with Gasteiger partial charge in [0.2, 0.25) is 0 Å². The van der Waals surface area contributed by atoms with Crippen molar-refractivity contribution in [2.24, 2.45) is 0 Å². The summed E-state index contributed by atoms with van der Waals surface area (Å²) in [7, 11) is 0. The van der Waals surface area contributed by atoms with Gasteiger partial charge in [0, 0.05) is 0 Å². The molecule has 0 saturated heterocycles. The van der Waals surface area contributed by atoms with E-state index >= 15 is 0 Å². The van der Waals surface area contributed by atoms with E-state index in [0.29, 0.717) is 0 Å². The highest BCUT2D eigenvalue weighted by molar-refractivity contribution is 6.02. The van der Waals surface area contributed by atoms with Crippen LogP contribution in [0.5, 0.6) is 0 Å². The summed E-state index contributed by atoms with van der Waals surface area (Å²) in [5.74, 6) is -4.12. The third-order valence-corrected chi connectivity index (χ3v) is 1.92. The Hall–Kier alpha value is -2.98. The van der Waals surface area contributed by atoms with E-state index < -0.39 is 37.1 Å². The molecule has 24 heavy (non-hydrogen) atoms. The van der Waals surface area contributed by atoms with Gasteiger partial charge >= 0.3 is 23.9 Å². The van der Waals surface area contributed by atoms with Gasteiger partial charge in [-0.15, -0.1) is 0 Å². The van der Waals surface area contributed by atoms with Crippen molar-refractivity contribution in [1.82, 2.24) is 0 Å². The fourth-order valence-corrected chi connectivity index (χ4v) is 1.06. The average molecular weight is 346 g/mol. The van der Waals surface area contributed by atoms with Gasteiger partial charge < -0.3 is 30.3 Å². The lowest BCUT2D eigenvalue weighted by Crippen LogP contribution is -2.11. The highest BCUT2D eigenvalue weighted by Gasteiger charge is 2.15. The molecule has 10 nitrogen and oxygen atoms in total. The zero-order chi connectivity index (χ0) is 19.1. The third-order valence-electron chi connectivity index (χ3n) is 1.92. The van der Waals surface area contributed by atoms with Crippen LogP contribution < -0.4 is 0 Å². The summed E-state index contributed by atoms with van der Waals surface area (Å²) in [5.41, 5.74) is 0.0489. The van der Waals surface area contributed by atoms with Crippen LogP contribution in [0.25, 0.3) is 0 Å². The Bertz CT molecular complexity index is 538. The number of carbonyl (C=O) groups excluding carboxylic acids is 1. The Morgan fingerprint density at radius 1 is 0.875 bits per heavy atom. The molecule has 5 N–H and O–H groups in total. The molecule has 0 fully saturated rings. The third kappa shape index (κ3) is 11.7. The summed E-state index contributed by atoms with van der Waals surface area (Å²) >= 11 is 0. The number of hydrogen-bond donors (Lipinski definition) is 5. The predicted octanol–water partition coefficient (Wildman–Crippen LogP) is -0.312. The van der Waals surface area contributed by atoms with Crippen molar-refractivity contribution in [3.8, 4) is 0 Å². The second-order valence-electron chi connectivity index (χ2n) is 3.67. The van der Waals surface area contributed by atoms with Crippen molar-refractivity contribution in [2.75, 3.05) is 19.8 Å². The molecule has 0 spiro atoms. The quantitative estimate of drug-likeness (QED) is 0.444. The molecule has 0 aliphatic rings. The average Bonchev–Trinajstić information content (AvgIpc) is 2.56. The first-order chi connectivity index (χ1) is 11.2. The first-order valence-corrected chi connectivity index (χ1v) is 6.35. The van der Waals surface area contributed by atoms with Gasteiger partial charge in [-0.05, 0) is 19.1 Å². The van der Waals surface area contributed by atoms with Crippen LogP contribution in [-0.2, 0) is 14.3 Å². The van der Waals surface area contributed by atoms with Gasteiger partial charge in [0.05, 0.1) is 17.7 Å². The van der Waals surface area contributed by atoms with E-state index in [1.165, 1.54) is 12.1 Å². The lowest BCUT2D eigenvalue weighted by atomic mass is 10.1. The van der Waals surface area contributed by atoms with Crippen LogP contribution in [0.2, 0.25) is 0 Å². The number of rotatable bonds is 5. The maximum Gasteiger partial charge on any atom is 0.338 e. The van der Waals surface area contributed by atoms with E-state index in [0.717, 1.165) is 0 Å². The molecule has 0 amide bonds. The standard InChI is InChI=1S/C10H10O4.2C2H4O3/c1-2-14-10(13)8-6-4-3-5-7(8)9(11)12;2*3-1-2(4)5/h3-6H,2H2,1H3,(H,11,12);2*3H,1H2,(H,4,5). The number of esters is 1. The van der Waals surface area contributed by atoms with Crippen molar-refractivity contribution in [3.63, 3.8) is 0 Å². The fraction of sp³-hybridized carbons (Fsp3) is 0.286. The summed E-state index contributed by atoms with van der Waals surface area (Å²) in [6.45, 7) is 0.341. The van der Waals surface area contributed by atoms with Gasteiger partial charge in [-0.2, -0.15) is 0 Å².